The van der Waals surface area contributed by atoms with Crippen molar-refractivity contribution in [1.29, 1.82) is 0 Å². The average Bonchev–Trinajstić information content (AvgIpc) is 2.25. The predicted octanol–water partition coefficient (Wildman–Crippen LogP) is 3.68. The van der Waals surface area contributed by atoms with E-state index in [0.29, 0.717) is 16.3 Å². The van der Waals surface area contributed by atoms with Crippen LogP contribution in [-0.2, 0) is 9.84 Å². The second kappa shape index (κ2) is 6.62. The molecule has 0 amide bonds. The molecular weight excluding hydrogens is 312 g/mol. The zero-order valence-electron chi connectivity index (χ0n) is 8.83. The van der Waals surface area contributed by atoms with E-state index in [0.717, 1.165) is 18.2 Å². The zero-order valence-corrected chi connectivity index (χ0v) is 12.0. The lowest BCUT2D eigenvalue weighted by Gasteiger charge is -2.04. The number of hydrogen-bond acceptors (Lipinski definition) is 2. The van der Waals surface area contributed by atoms with Gasteiger partial charge in [-0.2, -0.15) is 0 Å². The van der Waals surface area contributed by atoms with Crippen LogP contribution in [0.25, 0.3) is 0 Å². The van der Waals surface area contributed by atoms with Crippen LogP contribution in [0.4, 0.5) is 0 Å². The van der Waals surface area contributed by atoms with Crippen molar-refractivity contribution in [3.05, 3.63) is 29.3 Å². The van der Waals surface area contributed by atoms with E-state index in [9.17, 15) is 8.42 Å². The molecule has 0 unspecified atom stereocenters. The van der Waals surface area contributed by atoms with Gasteiger partial charge in [0.2, 0.25) is 0 Å². The highest BCUT2D eigenvalue weighted by Gasteiger charge is 2.13. The molecule has 0 radical (unpaired) electrons. The maximum Gasteiger partial charge on any atom is 0.178 e. The first kappa shape index (κ1) is 14.0. The van der Waals surface area contributed by atoms with Gasteiger partial charge in [-0.1, -0.05) is 34.0 Å². The summed E-state index contributed by atoms with van der Waals surface area (Å²) in [6.45, 7) is 0. The van der Waals surface area contributed by atoms with Gasteiger partial charge in [0.15, 0.2) is 9.84 Å². The highest BCUT2D eigenvalue weighted by atomic mass is 79.9. The van der Waals surface area contributed by atoms with Crippen LogP contribution >= 0.6 is 27.5 Å². The minimum absolute atomic E-state index is 0.210. The number of alkyl halides is 1. The Morgan fingerprint density at radius 3 is 2.25 bits per heavy atom. The molecule has 0 N–H and O–H groups in total. The third-order valence-corrected chi connectivity index (χ3v) is 4.85. The smallest absolute Gasteiger partial charge is 0.178 e. The number of halogens is 2. The molecule has 1 aromatic rings. The summed E-state index contributed by atoms with van der Waals surface area (Å²) in [7, 11) is -3.13. The highest BCUT2D eigenvalue weighted by molar-refractivity contribution is 9.09. The lowest BCUT2D eigenvalue weighted by atomic mass is 10.3. The van der Waals surface area contributed by atoms with Gasteiger partial charge in [-0.05, 0) is 37.1 Å². The van der Waals surface area contributed by atoms with Crippen LogP contribution in [0.5, 0.6) is 0 Å². The van der Waals surface area contributed by atoms with Gasteiger partial charge < -0.3 is 0 Å². The molecule has 2 nitrogen and oxygen atoms in total. The zero-order chi connectivity index (χ0) is 12.0. The third kappa shape index (κ3) is 4.44. The Kier molecular flexibility index (Phi) is 5.79. The lowest BCUT2D eigenvalue weighted by Crippen LogP contribution is -2.06. The molecule has 0 aromatic heterocycles. The maximum atomic E-state index is 11.9. The van der Waals surface area contributed by atoms with Crippen molar-refractivity contribution < 1.29 is 8.42 Å². The first-order valence-electron chi connectivity index (χ1n) is 5.10. The number of sulfone groups is 1. The number of benzene rings is 1. The van der Waals surface area contributed by atoms with Crippen LogP contribution < -0.4 is 0 Å². The molecule has 0 heterocycles. The number of rotatable bonds is 6. The van der Waals surface area contributed by atoms with E-state index in [2.05, 4.69) is 15.9 Å². The van der Waals surface area contributed by atoms with Crippen molar-refractivity contribution in [2.24, 2.45) is 0 Å². The van der Waals surface area contributed by atoms with Crippen molar-refractivity contribution in [3.8, 4) is 0 Å². The van der Waals surface area contributed by atoms with Crippen molar-refractivity contribution in [1.82, 2.24) is 0 Å². The molecule has 0 saturated heterocycles. The van der Waals surface area contributed by atoms with Gasteiger partial charge in [0.05, 0.1) is 10.6 Å². The molecule has 0 spiro atoms. The second-order valence-corrected chi connectivity index (χ2v) is 6.86. The normalized spacial score (nSPS) is 11.6. The summed E-state index contributed by atoms with van der Waals surface area (Å²) < 4.78 is 23.7. The van der Waals surface area contributed by atoms with E-state index < -0.39 is 9.84 Å². The second-order valence-electron chi connectivity index (χ2n) is 3.52. The number of hydrogen-bond donors (Lipinski definition) is 0. The van der Waals surface area contributed by atoms with E-state index in [1.165, 1.54) is 0 Å². The van der Waals surface area contributed by atoms with Crippen molar-refractivity contribution in [2.45, 2.75) is 24.2 Å². The molecule has 0 aliphatic rings. The summed E-state index contributed by atoms with van der Waals surface area (Å²) >= 11 is 9.03. The van der Waals surface area contributed by atoms with Crippen LogP contribution in [-0.4, -0.2) is 19.5 Å². The molecule has 5 heteroatoms. The predicted molar refractivity (Wildman–Crippen MR) is 71.1 cm³/mol. The minimum Gasteiger partial charge on any atom is -0.224 e. The van der Waals surface area contributed by atoms with Gasteiger partial charge in [-0.3, -0.25) is 0 Å². The van der Waals surface area contributed by atoms with E-state index in [4.69, 9.17) is 11.6 Å². The molecule has 90 valence electrons. The fourth-order valence-electron chi connectivity index (χ4n) is 1.32. The Hall–Kier alpha value is -0.0600. The Labute approximate surface area is 110 Å². The van der Waals surface area contributed by atoms with Crippen molar-refractivity contribution >= 4 is 37.4 Å². The fourth-order valence-corrected chi connectivity index (χ4v) is 3.22. The van der Waals surface area contributed by atoms with Crippen LogP contribution in [0, 0.1) is 0 Å². The molecule has 0 saturated carbocycles. The molecule has 1 rings (SSSR count). The van der Waals surface area contributed by atoms with Crippen LogP contribution in [0.15, 0.2) is 29.2 Å². The molecule has 1 aromatic carbocycles. The van der Waals surface area contributed by atoms with Gasteiger partial charge in [-0.25, -0.2) is 8.42 Å². The van der Waals surface area contributed by atoms with Gasteiger partial charge in [0, 0.05) is 10.4 Å². The summed E-state index contributed by atoms with van der Waals surface area (Å²) in [5.74, 6) is 0.210. The van der Waals surface area contributed by atoms with Crippen LogP contribution in [0.2, 0.25) is 5.02 Å². The largest absolute Gasteiger partial charge is 0.224 e. The quantitative estimate of drug-likeness (QED) is 0.590. The van der Waals surface area contributed by atoms with Gasteiger partial charge in [0.25, 0.3) is 0 Å². The van der Waals surface area contributed by atoms with Crippen molar-refractivity contribution in [2.75, 3.05) is 11.1 Å². The van der Waals surface area contributed by atoms with E-state index >= 15 is 0 Å². The molecule has 16 heavy (non-hydrogen) atoms. The molecule has 0 atom stereocenters. The molecule has 0 fully saturated rings. The van der Waals surface area contributed by atoms with E-state index in [-0.39, 0.29) is 5.75 Å². The topological polar surface area (TPSA) is 34.1 Å². The van der Waals surface area contributed by atoms with Crippen LogP contribution in [0.3, 0.4) is 0 Å². The van der Waals surface area contributed by atoms with E-state index in [1.54, 1.807) is 24.3 Å². The monoisotopic (exact) mass is 324 g/mol. The summed E-state index contributed by atoms with van der Waals surface area (Å²) in [5.41, 5.74) is 0. The average molecular weight is 326 g/mol. The highest BCUT2D eigenvalue weighted by Crippen LogP contribution is 2.16. The summed E-state index contributed by atoms with van der Waals surface area (Å²) in [6, 6.07) is 6.32. The first-order valence-corrected chi connectivity index (χ1v) is 8.26. The van der Waals surface area contributed by atoms with E-state index in [1.807, 2.05) is 0 Å². The fraction of sp³-hybridized carbons (Fsp3) is 0.455. The Morgan fingerprint density at radius 1 is 1.06 bits per heavy atom. The first-order chi connectivity index (χ1) is 7.56. The molecule has 0 bridgehead atoms. The molecule has 0 aliphatic heterocycles. The number of unbranched alkanes of at least 4 members (excludes halogenated alkanes) is 2. The molecular formula is C11H14BrClO2S. The Balaban J connectivity index is 2.60. The lowest BCUT2D eigenvalue weighted by molar-refractivity contribution is 0.591. The minimum atomic E-state index is -3.13. The van der Waals surface area contributed by atoms with Crippen LogP contribution in [0.1, 0.15) is 19.3 Å². The Morgan fingerprint density at radius 2 is 1.69 bits per heavy atom. The van der Waals surface area contributed by atoms with Gasteiger partial charge in [-0.15, -0.1) is 0 Å². The standard InChI is InChI=1S/C11H14BrClO2S/c12-8-2-1-3-9-16(14,15)11-6-4-10(13)5-7-11/h4-7H,1-3,8-9H2. The third-order valence-electron chi connectivity index (χ3n) is 2.22. The summed E-state index contributed by atoms with van der Waals surface area (Å²) in [4.78, 5) is 0.357. The molecule has 0 aliphatic carbocycles. The summed E-state index contributed by atoms with van der Waals surface area (Å²) in [6.07, 6.45) is 2.64. The Bertz CT molecular complexity index is 414. The summed E-state index contributed by atoms with van der Waals surface area (Å²) in [5, 5.41) is 1.48. The van der Waals surface area contributed by atoms with Crippen molar-refractivity contribution in [3.63, 3.8) is 0 Å². The van der Waals surface area contributed by atoms with Gasteiger partial charge in [0.1, 0.15) is 0 Å². The maximum absolute atomic E-state index is 11.9. The SMILES string of the molecule is O=S(=O)(CCCCCBr)c1ccc(Cl)cc1. The van der Waals surface area contributed by atoms with Gasteiger partial charge >= 0.3 is 0 Å².